The normalized spacial score (nSPS) is 10.3. The topological polar surface area (TPSA) is 106 Å². The zero-order valence-electron chi connectivity index (χ0n) is 18.8. The van der Waals surface area contributed by atoms with Crippen LogP contribution in [0.5, 0.6) is 5.75 Å². The SMILES string of the molecule is CC(=O)O.O=C(COc1ccc(Cl)cc1)NN=Cc1cn(-c2ccccc2)nc1-c1ccccc1. The highest BCUT2D eigenvalue weighted by molar-refractivity contribution is 6.30. The lowest BCUT2D eigenvalue weighted by Gasteiger charge is -2.04. The second kappa shape index (κ2) is 12.7. The largest absolute Gasteiger partial charge is 0.484 e. The van der Waals surface area contributed by atoms with Crippen molar-refractivity contribution >= 4 is 29.7 Å². The standard InChI is InChI=1S/C24H19ClN4O2.C2H4O2/c25-20-11-13-22(14-12-20)31-17-23(30)27-26-15-19-16-29(21-9-5-2-6-10-21)28-24(19)18-7-3-1-4-8-18;1-2(3)4/h1-16H,17H2,(H,27,30);1H3,(H,3,4). The summed E-state index contributed by atoms with van der Waals surface area (Å²) in [5.74, 6) is -0.651. The van der Waals surface area contributed by atoms with Gasteiger partial charge in [0.05, 0.1) is 11.9 Å². The number of carbonyl (C=O) groups is 2. The summed E-state index contributed by atoms with van der Waals surface area (Å²) in [7, 11) is 0. The Balaban J connectivity index is 0.000000795. The molecule has 1 heterocycles. The molecule has 0 spiro atoms. The van der Waals surface area contributed by atoms with Crippen molar-refractivity contribution in [1.82, 2.24) is 15.2 Å². The highest BCUT2D eigenvalue weighted by atomic mass is 35.5. The molecule has 2 N–H and O–H groups in total. The molecule has 35 heavy (non-hydrogen) atoms. The van der Waals surface area contributed by atoms with E-state index < -0.39 is 5.97 Å². The molecule has 0 aliphatic rings. The third-order valence-corrected chi connectivity index (χ3v) is 4.64. The van der Waals surface area contributed by atoms with E-state index in [-0.39, 0.29) is 12.5 Å². The molecule has 4 aromatic rings. The number of para-hydroxylation sites is 1. The van der Waals surface area contributed by atoms with Crippen molar-refractivity contribution in [3.63, 3.8) is 0 Å². The first-order valence-corrected chi connectivity index (χ1v) is 10.9. The summed E-state index contributed by atoms with van der Waals surface area (Å²) in [4.78, 5) is 21.1. The number of hydrogen-bond acceptors (Lipinski definition) is 5. The van der Waals surface area contributed by atoms with Crippen LogP contribution in [0.25, 0.3) is 16.9 Å². The number of carboxylic acid groups (broad SMARTS) is 1. The molecular formula is C26H23ClN4O4. The number of amides is 1. The van der Waals surface area contributed by atoms with Crippen LogP contribution in [-0.2, 0) is 9.59 Å². The molecule has 4 rings (SSSR count). The van der Waals surface area contributed by atoms with Crippen molar-refractivity contribution in [3.05, 3.63) is 102 Å². The van der Waals surface area contributed by atoms with Gasteiger partial charge in [-0.2, -0.15) is 10.2 Å². The van der Waals surface area contributed by atoms with E-state index in [0.717, 1.165) is 29.4 Å². The first-order valence-electron chi connectivity index (χ1n) is 10.5. The fraction of sp³-hybridized carbons (Fsp3) is 0.0769. The van der Waals surface area contributed by atoms with Gasteiger partial charge in [-0.3, -0.25) is 9.59 Å². The first kappa shape index (κ1) is 25.2. The molecule has 8 nitrogen and oxygen atoms in total. The van der Waals surface area contributed by atoms with Crippen LogP contribution in [0.1, 0.15) is 12.5 Å². The number of carbonyl (C=O) groups excluding carboxylic acids is 1. The van der Waals surface area contributed by atoms with Gasteiger partial charge in [-0.15, -0.1) is 0 Å². The highest BCUT2D eigenvalue weighted by Gasteiger charge is 2.11. The fourth-order valence-corrected chi connectivity index (χ4v) is 3.03. The Morgan fingerprint density at radius 1 is 1.03 bits per heavy atom. The van der Waals surface area contributed by atoms with Crippen LogP contribution in [0.15, 0.2) is 96.2 Å². The van der Waals surface area contributed by atoms with Gasteiger partial charge in [0.15, 0.2) is 6.61 Å². The molecule has 0 radical (unpaired) electrons. The summed E-state index contributed by atoms with van der Waals surface area (Å²) in [6, 6.07) is 26.4. The number of aliphatic carboxylic acids is 1. The lowest BCUT2D eigenvalue weighted by atomic mass is 10.1. The van der Waals surface area contributed by atoms with Gasteiger partial charge in [0.1, 0.15) is 11.4 Å². The summed E-state index contributed by atoms with van der Waals surface area (Å²) < 4.78 is 7.21. The van der Waals surface area contributed by atoms with Crippen LogP contribution in [-0.4, -0.2) is 39.6 Å². The molecule has 1 amide bonds. The minimum Gasteiger partial charge on any atom is -0.484 e. The molecule has 0 saturated carbocycles. The van der Waals surface area contributed by atoms with Crippen molar-refractivity contribution < 1.29 is 19.4 Å². The number of halogens is 1. The van der Waals surface area contributed by atoms with Crippen LogP contribution >= 0.6 is 11.6 Å². The summed E-state index contributed by atoms with van der Waals surface area (Å²) in [6.07, 6.45) is 3.45. The van der Waals surface area contributed by atoms with Gasteiger partial charge in [0.25, 0.3) is 11.9 Å². The van der Waals surface area contributed by atoms with Crippen LogP contribution < -0.4 is 10.2 Å². The van der Waals surface area contributed by atoms with Gasteiger partial charge in [0.2, 0.25) is 0 Å². The summed E-state index contributed by atoms with van der Waals surface area (Å²) >= 11 is 5.84. The Kier molecular flexibility index (Phi) is 9.15. The van der Waals surface area contributed by atoms with E-state index in [4.69, 9.17) is 31.3 Å². The molecular weight excluding hydrogens is 468 g/mol. The molecule has 0 aliphatic carbocycles. The average Bonchev–Trinajstić information content (AvgIpc) is 3.29. The third kappa shape index (κ3) is 8.13. The number of nitrogens with zero attached hydrogens (tertiary/aromatic N) is 3. The number of aromatic nitrogens is 2. The van der Waals surface area contributed by atoms with Crippen LogP contribution in [0.2, 0.25) is 5.02 Å². The van der Waals surface area contributed by atoms with Crippen LogP contribution in [0.3, 0.4) is 0 Å². The Morgan fingerprint density at radius 2 is 1.63 bits per heavy atom. The van der Waals surface area contributed by atoms with Gasteiger partial charge in [0, 0.05) is 29.3 Å². The zero-order valence-corrected chi connectivity index (χ0v) is 19.6. The van der Waals surface area contributed by atoms with Crippen molar-refractivity contribution in [3.8, 4) is 22.7 Å². The van der Waals surface area contributed by atoms with E-state index in [1.54, 1.807) is 35.2 Å². The number of rotatable bonds is 7. The second-order valence-electron chi connectivity index (χ2n) is 7.13. The maximum absolute atomic E-state index is 12.1. The first-order chi connectivity index (χ1) is 16.9. The number of hydrazone groups is 1. The Labute approximate surface area is 207 Å². The lowest BCUT2D eigenvalue weighted by molar-refractivity contribution is -0.134. The van der Waals surface area contributed by atoms with E-state index in [1.165, 1.54) is 0 Å². The maximum Gasteiger partial charge on any atom is 0.300 e. The predicted molar refractivity (Wildman–Crippen MR) is 135 cm³/mol. The Morgan fingerprint density at radius 3 is 2.26 bits per heavy atom. The average molecular weight is 491 g/mol. The maximum atomic E-state index is 12.1. The molecule has 0 atom stereocenters. The lowest BCUT2D eigenvalue weighted by Crippen LogP contribution is -2.24. The van der Waals surface area contributed by atoms with Gasteiger partial charge in [-0.05, 0) is 36.4 Å². The number of ether oxygens (including phenoxy) is 1. The fourth-order valence-electron chi connectivity index (χ4n) is 2.90. The van der Waals surface area contributed by atoms with Crippen molar-refractivity contribution in [2.75, 3.05) is 6.61 Å². The summed E-state index contributed by atoms with van der Waals surface area (Å²) in [6.45, 7) is 0.924. The molecule has 0 fully saturated rings. The molecule has 178 valence electrons. The minimum atomic E-state index is -0.833. The third-order valence-electron chi connectivity index (χ3n) is 4.39. The number of nitrogens with one attached hydrogen (secondary N) is 1. The van der Waals surface area contributed by atoms with Crippen molar-refractivity contribution in [1.29, 1.82) is 0 Å². The van der Waals surface area contributed by atoms with Gasteiger partial charge < -0.3 is 9.84 Å². The summed E-state index contributed by atoms with van der Waals surface area (Å²) in [5.41, 5.74) is 5.90. The number of hydrogen-bond donors (Lipinski definition) is 2. The molecule has 0 bridgehead atoms. The molecule has 9 heteroatoms. The van der Waals surface area contributed by atoms with Crippen molar-refractivity contribution in [2.24, 2.45) is 5.10 Å². The second-order valence-corrected chi connectivity index (χ2v) is 7.57. The van der Waals surface area contributed by atoms with E-state index in [2.05, 4.69) is 10.5 Å². The van der Waals surface area contributed by atoms with Gasteiger partial charge >= 0.3 is 0 Å². The van der Waals surface area contributed by atoms with E-state index in [1.807, 2.05) is 66.9 Å². The number of benzene rings is 3. The van der Waals surface area contributed by atoms with Crippen LogP contribution in [0.4, 0.5) is 0 Å². The Hall–Kier alpha value is -4.43. The van der Waals surface area contributed by atoms with E-state index >= 15 is 0 Å². The van der Waals surface area contributed by atoms with Gasteiger partial charge in [-0.1, -0.05) is 60.1 Å². The van der Waals surface area contributed by atoms with Crippen molar-refractivity contribution in [2.45, 2.75) is 6.92 Å². The monoisotopic (exact) mass is 490 g/mol. The van der Waals surface area contributed by atoms with Gasteiger partial charge in [-0.25, -0.2) is 10.1 Å². The Bertz CT molecular complexity index is 1270. The predicted octanol–water partition coefficient (Wildman–Crippen LogP) is 4.81. The molecule has 1 aromatic heterocycles. The van der Waals surface area contributed by atoms with E-state index in [0.29, 0.717) is 10.8 Å². The van der Waals surface area contributed by atoms with E-state index in [9.17, 15) is 4.79 Å². The smallest absolute Gasteiger partial charge is 0.300 e. The number of carboxylic acids is 1. The molecule has 0 aliphatic heterocycles. The minimum absolute atomic E-state index is 0.159. The zero-order chi connectivity index (χ0) is 25.0. The quantitative estimate of drug-likeness (QED) is 0.285. The molecule has 0 unspecified atom stereocenters. The molecule has 3 aromatic carbocycles. The molecule has 0 saturated heterocycles. The van der Waals surface area contributed by atoms with Crippen LogP contribution in [0, 0.1) is 0 Å². The summed E-state index contributed by atoms with van der Waals surface area (Å²) in [5, 5.41) is 16.8. The highest BCUT2D eigenvalue weighted by Crippen LogP contribution is 2.22.